The van der Waals surface area contributed by atoms with Gasteiger partial charge in [0.2, 0.25) is 5.91 Å². The monoisotopic (exact) mass is 312 g/mol. The van der Waals surface area contributed by atoms with Crippen LogP contribution >= 0.6 is 11.6 Å². The molecule has 2 unspecified atom stereocenters. The van der Waals surface area contributed by atoms with Crippen molar-refractivity contribution >= 4 is 23.2 Å². The van der Waals surface area contributed by atoms with Crippen LogP contribution in [0.4, 0.5) is 5.69 Å². The van der Waals surface area contributed by atoms with Gasteiger partial charge in [-0.15, -0.1) is 0 Å². The van der Waals surface area contributed by atoms with E-state index in [4.69, 9.17) is 26.8 Å². The zero-order chi connectivity index (χ0) is 15.4. The van der Waals surface area contributed by atoms with Crippen LogP contribution in [0.15, 0.2) is 12.1 Å². The van der Waals surface area contributed by atoms with Crippen LogP contribution in [0.25, 0.3) is 0 Å². The Labute approximate surface area is 129 Å². The van der Waals surface area contributed by atoms with E-state index in [-0.39, 0.29) is 17.9 Å². The van der Waals surface area contributed by atoms with Crippen molar-refractivity contribution in [3.8, 4) is 11.5 Å². The van der Waals surface area contributed by atoms with E-state index >= 15 is 0 Å². The van der Waals surface area contributed by atoms with Crippen LogP contribution in [-0.2, 0) is 4.79 Å². The molecule has 6 heteroatoms. The number of hydrogen-bond donors (Lipinski definition) is 2. The number of methoxy groups -OCH3 is 2. The van der Waals surface area contributed by atoms with Gasteiger partial charge in [0.1, 0.15) is 11.5 Å². The van der Waals surface area contributed by atoms with Crippen LogP contribution in [-0.4, -0.2) is 26.2 Å². The zero-order valence-electron chi connectivity index (χ0n) is 12.3. The molecule has 1 aliphatic rings. The molecule has 0 saturated heterocycles. The number of ether oxygens (including phenoxy) is 2. The summed E-state index contributed by atoms with van der Waals surface area (Å²) in [6.07, 6.45) is 3.56. The van der Waals surface area contributed by atoms with Gasteiger partial charge in [-0.2, -0.15) is 0 Å². The fourth-order valence-electron chi connectivity index (χ4n) is 2.66. The van der Waals surface area contributed by atoms with Crippen LogP contribution in [0, 0.1) is 5.92 Å². The van der Waals surface area contributed by atoms with E-state index in [1.807, 2.05) is 0 Å². The van der Waals surface area contributed by atoms with Crippen LogP contribution < -0.4 is 20.5 Å². The Morgan fingerprint density at radius 2 is 2.00 bits per heavy atom. The normalized spacial score (nSPS) is 21.7. The van der Waals surface area contributed by atoms with Crippen molar-refractivity contribution in [2.45, 2.75) is 31.7 Å². The minimum Gasteiger partial charge on any atom is -0.495 e. The summed E-state index contributed by atoms with van der Waals surface area (Å²) in [7, 11) is 3.06. The Balaban J connectivity index is 2.16. The molecule has 1 fully saturated rings. The van der Waals surface area contributed by atoms with Crippen molar-refractivity contribution in [3.05, 3.63) is 17.2 Å². The molecule has 2 rings (SSSR count). The van der Waals surface area contributed by atoms with E-state index in [9.17, 15) is 4.79 Å². The largest absolute Gasteiger partial charge is 0.495 e. The number of halogens is 1. The highest BCUT2D eigenvalue weighted by Crippen LogP contribution is 2.36. The fraction of sp³-hybridized carbons (Fsp3) is 0.533. The van der Waals surface area contributed by atoms with Gasteiger partial charge in [0.25, 0.3) is 0 Å². The predicted octanol–water partition coefficient (Wildman–Crippen LogP) is 2.81. The van der Waals surface area contributed by atoms with Gasteiger partial charge < -0.3 is 20.5 Å². The van der Waals surface area contributed by atoms with E-state index in [0.717, 1.165) is 25.7 Å². The molecule has 0 aromatic heterocycles. The van der Waals surface area contributed by atoms with E-state index in [0.29, 0.717) is 22.2 Å². The molecule has 0 spiro atoms. The molecule has 21 heavy (non-hydrogen) atoms. The Hall–Kier alpha value is -1.46. The third-order valence-corrected chi connectivity index (χ3v) is 4.11. The molecule has 116 valence electrons. The summed E-state index contributed by atoms with van der Waals surface area (Å²) in [6, 6.07) is 3.40. The van der Waals surface area contributed by atoms with Gasteiger partial charge in [-0.1, -0.05) is 18.0 Å². The summed E-state index contributed by atoms with van der Waals surface area (Å²) in [5.41, 5.74) is 6.49. The molecule has 0 aliphatic heterocycles. The molecule has 2 atom stereocenters. The highest BCUT2D eigenvalue weighted by Gasteiger charge is 2.26. The predicted molar refractivity (Wildman–Crippen MR) is 83.1 cm³/mol. The first-order valence-corrected chi connectivity index (χ1v) is 7.41. The topological polar surface area (TPSA) is 73.6 Å². The molecule has 1 aromatic rings. The summed E-state index contributed by atoms with van der Waals surface area (Å²) in [4.78, 5) is 12.4. The maximum Gasteiger partial charge on any atom is 0.227 e. The maximum absolute atomic E-state index is 12.4. The van der Waals surface area contributed by atoms with Gasteiger partial charge in [-0.3, -0.25) is 4.79 Å². The highest BCUT2D eigenvalue weighted by atomic mass is 35.5. The molecule has 1 aliphatic carbocycles. The first kappa shape index (κ1) is 15.9. The number of anilines is 1. The van der Waals surface area contributed by atoms with Crippen molar-refractivity contribution < 1.29 is 14.3 Å². The van der Waals surface area contributed by atoms with Gasteiger partial charge in [0.15, 0.2) is 0 Å². The second-order valence-electron chi connectivity index (χ2n) is 5.30. The first-order chi connectivity index (χ1) is 10.0. The van der Waals surface area contributed by atoms with Crippen molar-refractivity contribution in [2.75, 3.05) is 19.5 Å². The second-order valence-corrected chi connectivity index (χ2v) is 5.71. The van der Waals surface area contributed by atoms with Gasteiger partial charge in [0.05, 0.1) is 24.9 Å². The standard InChI is InChI=1S/C15H21ClN2O3/c1-20-13-8-12(14(21-2)7-11(13)16)18-15(19)9-4-3-5-10(17)6-9/h7-10H,3-6,17H2,1-2H3,(H,18,19). The lowest BCUT2D eigenvalue weighted by Gasteiger charge is -2.26. The van der Waals surface area contributed by atoms with E-state index in [2.05, 4.69) is 5.32 Å². The van der Waals surface area contributed by atoms with Gasteiger partial charge in [-0.25, -0.2) is 0 Å². The van der Waals surface area contributed by atoms with E-state index in [1.54, 1.807) is 12.1 Å². The summed E-state index contributed by atoms with van der Waals surface area (Å²) in [6.45, 7) is 0. The van der Waals surface area contributed by atoms with Crippen molar-refractivity contribution in [1.29, 1.82) is 0 Å². The number of nitrogens with one attached hydrogen (secondary N) is 1. The summed E-state index contributed by atoms with van der Waals surface area (Å²) >= 11 is 6.05. The molecule has 1 amide bonds. The Kier molecular flexibility index (Phi) is 5.31. The Bertz CT molecular complexity index is 522. The number of benzene rings is 1. The minimum atomic E-state index is -0.0554. The molecule has 1 aromatic carbocycles. The molecular formula is C15H21ClN2O3. The van der Waals surface area contributed by atoms with Gasteiger partial charge in [-0.05, 0) is 19.3 Å². The lowest BCUT2D eigenvalue weighted by atomic mass is 9.85. The average molecular weight is 313 g/mol. The average Bonchev–Trinajstić information content (AvgIpc) is 2.48. The number of amides is 1. The number of rotatable bonds is 4. The lowest BCUT2D eigenvalue weighted by molar-refractivity contribution is -0.120. The number of hydrogen-bond acceptors (Lipinski definition) is 4. The molecule has 5 nitrogen and oxygen atoms in total. The van der Waals surface area contributed by atoms with Crippen molar-refractivity contribution in [1.82, 2.24) is 0 Å². The molecule has 0 radical (unpaired) electrons. The molecule has 0 heterocycles. The Morgan fingerprint density at radius 3 is 2.62 bits per heavy atom. The van der Waals surface area contributed by atoms with Crippen LogP contribution in [0.3, 0.4) is 0 Å². The van der Waals surface area contributed by atoms with E-state index in [1.165, 1.54) is 14.2 Å². The molecule has 3 N–H and O–H groups in total. The SMILES string of the molecule is COc1cc(NC(=O)C2CCCC(N)C2)c(OC)cc1Cl. The van der Waals surface area contributed by atoms with Crippen LogP contribution in [0.2, 0.25) is 5.02 Å². The maximum atomic E-state index is 12.4. The molecule has 1 saturated carbocycles. The highest BCUT2D eigenvalue weighted by molar-refractivity contribution is 6.32. The molecular weight excluding hydrogens is 292 g/mol. The fourth-order valence-corrected chi connectivity index (χ4v) is 2.89. The molecule has 0 bridgehead atoms. The quantitative estimate of drug-likeness (QED) is 0.896. The zero-order valence-corrected chi connectivity index (χ0v) is 13.1. The number of nitrogens with two attached hydrogens (primary N) is 1. The van der Waals surface area contributed by atoms with Gasteiger partial charge in [0, 0.05) is 24.1 Å². The van der Waals surface area contributed by atoms with Crippen LogP contribution in [0.1, 0.15) is 25.7 Å². The summed E-state index contributed by atoms with van der Waals surface area (Å²) < 4.78 is 10.4. The van der Waals surface area contributed by atoms with Crippen LogP contribution in [0.5, 0.6) is 11.5 Å². The minimum absolute atomic E-state index is 0.0344. The Morgan fingerprint density at radius 1 is 1.29 bits per heavy atom. The lowest BCUT2D eigenvalue weighted by Crippen LogP contribution is -2.34. The van der Waals surface area contributed by atoms with Crippen molar-refractivity contribution in [3.63, 3.8) is 0 Å². The third kappa shape index (κ3) is 3.80. The smallest absolute Gasteiger partial charge is 0.227 e. The third-order valence-electron chi connectivity index (χ3n) is 3.82. The summed E-state index contributed by atoms with van der Waals surface area (Å²) in [5.74, 6) is 0.912. The number of carbonyl (C=O) groups is 1. The second kappa shape index (κ2) is 7.00. The first-order valence-electron chi connectivity index (χ1n) is 7.03. The van der Waals surface area contributed by atoms with E-state index < -0.39 is 0 Å². The summed E-state index contributed by atoms with van der Waals surface area (Å²) in [5, 5.41) is 3.33. The number of carbonyl (C=O) groups excluding carboxylic acids is 1. The van der Waals surface area contributed by atoms with Crippen molar-refractivity contribution in [2.24, 2.45) is 11.7 Å². The van der Waals surface area contributed by atoms with Gasteiger partial charge >= 0.3 is 0 Å².